The molecule has 27 heavy (non-hydrogen) atoms. The van der Waals surface area contributed by atoms with Crippen LogP contribution in [0.1, 0.15) is 5.56 Å². The SMILES string of the molecule is C=CCOc1c(I)cc(/C=C2/NC(=O)N(c3ccc(Cl)cc3)C2=O)cc1I. The Morgan fingerprint density at radius 3 is 2.37 bits per heavy atom. The normalized spacial score (nSPS) is 15.2. The number of halogens is 3. The minimum absolute atomic E-state index is 0.210. The van der Waals surface area contributed by atoms with Crippen LogP contribution in [-0.4, -0.2) is 18.5 Å². The molecule has 1 fully saturated rings. The minimum Gasteiger partial charge on any atom is -0.487 e. The van der Waals surface area contributed by atoms with Gasteiger partial charge in [0.05, 0.1) is 12.8 Å². The summed E-state index contributed by atoms with van der Waals surface area (Å²) < 4.78 is 7.46. The van der Waals surface area contributed by atoms with Crippen molar-refractivity contribution in [2.24, 2.45) is 0 Å². The molecule has 1 saturated heterocycles. The molecule has 0 bridgehead atoms. The monoisotopic (exact) mass is 606 g/mol. The third kappa shape index (κ3) is 4.46. The predicted molar refractivity (Wildman–Crippen MR) is 123 cm³/mol. The molecule has 1 aliphatic heterocycles. The summed E-state index contributed by atoms with van der Waals surface area (Å²) >= 11 is 10.2. The van der Waals surface area contributed by atoms with Crippen LogP contribution in [0.15, 0.2) is 54.8 Å². The van der Waals surface area contributed by atoms with Gasteiger partial charge in [-0.05, 0) is 93.2 Å². The van der Waals surface area contributed by atoms with Gasteiger partial charge < -0.3 is 10.1 Å². The number of nitrogens with one attached hydrogen (secondary N) is 1. The molecule has 0 unspecified atom stereocenters. The molecule has 138 valence electrons. The molecule has 1 aliphatic rings. The average Bonchev–Trinajstić information content (AvgIpc) is 2.89. The standard InChI is InChI=1S/C19H13ClI2N2O3/c1-2-7-27-17-14(21)8-11(9-15(17)22)10-16-18(25)24(19(26)23-16)13-5-3-12(20)4-6-13/h2-6,8-10H,1,7H2,(H,23,26)/b16-10+. The molecule has 2 aromatic carbocycles. The highest BCUT2D eigenvalue weighted by Gasteiger charge is 2.34. The van der Waals surface area contributed by atoms with E-state index < -0.39 is 11.9 Å². The number of amides is 3. The number of ether oxygens (including phenoxy) is 1. The second-order valence-electron chi connectivity index (χ2n) is 5.52. The van der Waals surface area contributed by atoms with E-state index in [-0.39, 0.29) is 5.70 Å². The van der Waals surface area contributed by atoms with Gasteiger partial charge in [-0.2, -0.15) is 0 Å². The number of carbonyl (C=O) groups is 2. The summed E-state index contributed by atoms with van der Waals surface area (Å²) in [6.45, 7) is 4.06. The Balaban J connectivity index is 1.89. The fourth-order valence-corrected chi connectivity index (χ4v) is 4.72. The number of anilines is 1. The van der Waals surface area contributed by atoms with Crippen molar-refractivity contribution in [3.63, 3.8) is 0 Å². The molecule has 0 aromatic heterocycles. The molecule has 2 aromatic rings. The molecular weight excluding hydrogens is 593 g/mol. The third-order valence-electron chi connectivity index (χ3n) is 3.64. The zero-order chi connectivity index (χ0) is 19.6. The summed E-state index contributed by atoms with van der Waals surface area (Å²) in [5, 5.41) is 3.15. The second-order valence-corrected chi connectivity index (χ2v) is 8.28. The number of nitrogens with zero attached hydrogens (tertiary/aromatic N) is 1. The quantitative estimate of drug-likeness (QED) is 0.220. The molecule has 0 aliphatic carbocycles. The topological polar surface area (TPSA) is 58.6 Å². The average molecular weight is 607 g/mol. The maximum Gasteiger partial charge on any atom is 0.333 e. The van der Waals surface area contributed by atoms with E-state index in [1.54, 1.807) is 36.4 Å². The van der Waals surface area contributed by atoms with Crippen LogP contribution in [0.2, 0.25) is 5.02 Å². The first-order valence-corrected chi connectivity index (χ1v) is 10.3. The number of hydrogen-bond donors (Lipinski definition) is 1. The molecule has 3 rings (SSSR count). The zero-order valence-electron chi connectivity index (χ0n) is 13.8. The van der Waals surface area contributed by atoms with Gasteiger partial charge in [-0.25, -0.2) is 9.69 Å². The van der Waals surface area contributed by atoms with Crippen LogP contribution in [0.25, 0.3) is 6.08 Å². The summed E-state index contributed by atoms with van der Waals surface area (Å²) in [7, 11) is 0. The van der Waals surface area contributed by atoms with Gasteiger partial charge in [-0.1, -0.05) is 24.3 Å². The van der Waals surface area contributed by atoms with Gasteiger partial charge in [0.1, 0.15) is 18.1 Å². The van der Waals surface area contributed by atoms with Crippen LogP contribution in [0.3, 0.4) is 0 Å². The Morgan fingerprint density at radius 1 is 1.15 bits per heavy atom. The summed E-state index contributed by atoms with van der Waals surface area (Å²) in [5.74, 6) is 0.349. The minimum atomic E-state index is -0.496. The number of urea groups is 1. The molecule has 0 radical (unpaired) electrons. The van der Waals surface area contributed by atoms with Gasteiger partial charge in [0, 0.05) is 5.02 Å². The highest BCUT2D eigenvalue weighted by molar-refractivity contribution is 14.1. The van der Waals surface area contributed by atoms with Crippen LogP contribution in [-0.2, 0) is 4.79 Å². The summed E-state index contributed by atoms with van der Waals surface area (Å²) in [4.78, 5) is 26.0. The lowest BCUT2D eigenvalue weighted by molar-refractivity contribution is -0.113. The fraction of sp³-hybridized carbons (Fsp3) is 0.0526. The second kappa shape index (κ2) is 8.61. The van der Waals surface area contributed by atoms with E-state index in [9.17, 15) is 9.59 Å². The van der Waals surface area contributed by atoms with Gasteiger partial charge in [0.25, 0.3) is 5.91 Å². The van der Waals surface area contributed by atoms with Crippen molar-refractivity contribution < 1.29 is 14.3 Å². The Labute approximate surface area is 188 Å². The highest BCUT2D eigenvalue weighted by Crippen LogP contribution is 2.30. The van der Waals surface area contributed by atoms with Crippen molar-refractivity contribution >= 4 is 80.5 Å². The Kier molecular flexibility index (Phi) is 6.43. The number of benzene rings is 2. The maximum atomic E-state index is 12.7. The van der Waals surface area contributed by atoms with Crippen molar-refractivity contribution in [1.82, 2.24) is 5.32 Å². The van der Waals surface area contributed by atoms with E-state index in [0.29, 0.717) is 17.3 Å². The molecule has 0 spiro atoms. The summed E-state index contributed by atoms with van der Waals surface area (Å²) in [6.07, 6.45) is 3.33. The highest BCUT2D eigenvalue weighted by atomic mass is 127. The summed E-state index contributed by atoms with van der Waals surface area (Å²) in [6, 6.07) is 9.79. The van der Waals surface area contributed by atoms with Crippen molar-refractivity contribution in [2.75, 3.05) is 11.5 Å². The molecular formula is C19H13ClI2N2O3. The van der Waals surface area contributed by atoms with Gasteiger partial charge in [0.2, 0.25) is 0 Å². The first-order chi connectivity index (χ1) is 12.9. The first-order valence-electron chi connectivity index (χ1n) is 7.76. The number of hydrogen-bond acceptors (Lipinski definition) is 3. The van der Waals surface area contributed by atoms with Crippen molar-refractivity contribution in [2.45, 2.75) is 0 Å². The van der Waals surface area contributed by atoms with E-state index in [1.807, 2.05) is 12.1 Å². The first kappa shape index (κ1) is 20.2. The fourth-order valence-electron chi connectivity index (χ4n) is 2.47. The zero-order valence-corrected chi connectivity index (χ0v) is 18.9. The van der Waals surface area contributed by atoms with Crippen molar-refractivity contribution in [3.05, 3.63) is 72.5 Å². The van der Waals surface area contributed by atoms with Crippen LogP contribution < -0.4 is 15.0 Å². The molecule has 3 amide bonds. The van der Waals surface area contributed by atoms with Crippen molar-refractivity contribution in [3.8, 4) is 5.75 Å². The predicted octanol–water partition coefficient (Wildman–Crippen LogP) is 5.21. The van der Waals surface area contributed by atoms with E-state index in [1.165, 1.54) is 0 Å². The largest absolute Gasteiger partial charge is 0.487 e. The van der Waals surface area contributed by atoms with Crippen molar-refractivity contribution in [1.29, 1.82) is 0 Å². The van der Waals surface area contributed by atoms with E-state index in [2.05, 4.69) is 57.1 Å². The number of rotatable bonds is 5. The lowest BCUT2D eigenvalue weighted by Gasteiger charge is -2.11. The van der Waals surface area contributed by atoms with Crippen LogP contribution in [0.5, 0.6) is 5.75 Å². The van der Waals surface area contributed by atoms with E-state index in [0.717, 1.165) is 23.4 Å². The molecule has 5 nitrogen and oxygen atoms in total. The van der Waals surface area contributed by atoms with Gasteiger partial charge in [-0.3, -0.25) is 4.79 Å². The summed E-state index contributed by atoms with van der Waals surface area (Å²) in [5.41, 5.74) is 1.46. The lowest BCUT2D eigenvalue weighted by Crippen LogP contribution is -2.30. The van der Waals surface area contributed by atoms with E-state index in [4.69, 9.17) is 16.3 Å². The Hall–Kier alpha value is -1.59. The van der Waals surface area contributed by atoms with Gasteiger partial charge in [0.15, 0.2) is 0 Å². The van der Waals surface area contributed by atoms with Crippen LogP contribution in [0.4, 0.5) is 10.5 Å². The van der Waals surface area contributed by atoms with Gasteiger partial charge in [-0.15, -0.1) is 0 Å². The number of imide groups is 1. The molecule has 1 heterocycles. The molecule has 1 N–H and O–H groups in total. The molecule has 0 saturated carbocycles. The Morgan fingerprint density at radius 2 is 1.78 bits per heavy atom. The smallest absolute Gasteiger partial charge is 0.333 e. The number of carbonyl (C=O) groups excluding carboxylic acids is 2. The maximum absolute atomic E-state index is 12.7. The molecule has 8 heteroatoms. The lowest BCUT2D eigenvalue weighted by atomic mass is 10.2. The van der Waals surface area contributed by atoms with Crippen LogP contribution in [0, 0.1) is 7.14 Å². The van der Waals surface area contributed by atoms with E-state index >= 15 is 0 Å². The Bertz CT molecular complexity index is 935. The van der Waals surface area contributed by atoms with Gasteiger partial charge >= 0.3 is 6.03 Å². The van der Waals surface area contributed by atoms with Crippen LogP contribution >= 0.6 is 56.8 Å². The third-order valence-corrected chi connectivity index (χ3v) is 5.49. The molecule has 0 atom stereocenters.